The van der Waals surface area contributed by atoms with Crippen molar-refractivity contribution in [2.45, 2.75) is 0 Å². The summed E-state index contributed by atoms with van der Waals surface area (Å²) in [5, 5.41) is 0. The van der Waals surface area contributed by atoms with Crippen molar-refractivity contribution in [1.29, 1.82) is 0 Å². The summed E-state index contributed by atoms with van der Waals surface area (Å²) in [6.45, 7) is 3.44. The molecule has 0 heterocycles. The number of allylic oxidation sites excluding steroid dienone is 1. The average Bonchev–Trinajstić information content (AvgIpc) is 1.89. The van der Waals surface area contributed by atoms with Crippen molar-refractivity contribution in [1.82, 2.24) is 0 Å². The Balaban J connectivity index is 3.93. The van der Waals surface area contributed by atoms with Gasteiger partial charge in [-0.1, -0.05) is 6.08 Å². The molecule has 0 rings (SSSR count). The largest absolute Gasteiger partial charge is 0.363 e. The maximum Gasteiger partial charge on any atom is 0.313 e. The normalized spacial score (nSPS) is 17.3. The van der Waals surface area contributed by atoms with Gasteiger partial charge < -0.3 is 8.43 Å². The third-order valence-electron chi connectivity index (χ3n) is 0.909. The standard InChI is InChI=1S/C3H11O3PSi2/c1-2-3-7(4,5-8)6-9/h2H,1,3H2,8-9H3. The maximum atomic E-state index is 11.1. The van der Waals surface area contributed by atoms with Crippen molar-refractivity contribution in [3.05, 3.63) is 12.7 Å². The molecule has 0 saturated carbocycles. The van der Waals surface area contributed by atoms with Gasteiger partial charge in [-0.3, -0.25) is 4.57 Å². The van der Waals surface area contributed by atoms with Crippen molar-refractivity contribution in [3.63, 3.8) is 0 Å². The van der Waals surface area contributed by atoms with Crippen LogP contribution in [0.25, 0.3) is 0 Å². The van der Waals surface area contributed by atoms with E-state index >= 15 is 0 Å². The van der Waals surface area contributed by atoms with Gasteiger partial charge in [0.25, 0.3) is 0 Å². The maximum absolute atomic E-state index is 11.1. The topological polar surface area (TPSA) is 35.5 Å². The van der Waals surface area contributed by atoms with Crippen molar-refractivity contribution in [3.8, 4) is 0 Å². The molecule has 0 radical (unpaired) electrons. The molecule has 0 atom stereocenters. The zero-order chi connectivity index (χ0) is 7.33. The van der Waals surface area contributed by atoms with Gasteiger partial charge in [0, 0.05) is 0 Å². The molecule has 0 aliphatic heterocycles. The van der Waals surface area contributed by atoms with Crippen molar-refractivity contribution >= 4 is 28.6 Å². The van der Waals surface area contributed by atoms with E-state index in [2.05, 4.69) is 6.58 Å². The molecular weight excluding hydrogens is 171 g/mol. The molecule has 6 heteroatoms. The minimum atomic E-state index is -2.68. The van der Waals surface area contributed by atoms with Crippen molar-refractivity contribution in [2.24, 2.45) is 0 Å². The highest BCUT2D eigenvalue weighted by Crippen LogP contribution is 2.45. The Morgan fingerprint density at radius 3 is 2.11 bits per heavy atom. The van der Waals surface area contributed by atoms with Gasteiger partial charge in [0.15, 0.2) is 21.0 Å². The first-order chi connectivity index (χ1) is 4.18. The van der Waals surface area contributed by atoms with Crippen LogP contribution < -0.4 is 0 Å². The highest BCUT2D eigenvalue weighted by atomic mass is 31.2. The predicted molar refractivity (Wildman–Crippen MR) is 44.7 cm³/mol. The van der Waals surface area contributed by atoms with Crippen LogP contribution in [0.4, 0.5) is 0 Å². The molecule has 9 heavy (non-hydrogen) atoms. The van der Waals surface area contributed by atoms with E-state index in [1.165, 1.54) is 0 Å². The van der Waals surface area contributed by atoms with Crippen molar-refractivity contribution < 1.29 is 13.0 Å². The van der Waals surface area contributed by atoms with Crippen LogP contribution in [0.2, 0.25) is 0 Å². The zero-order valence-electron chi connectivity index (χ0n) is 5.66. The van der Waals surface area contributed by atoms with E-state index in [1.807, 2.05) is 0 Å². The SMILES string of the molecule is C=CCP(=O)(O[SiH3])O[SiH3]. The monoisotopic (exact) mass is 182 g/mol. The quantitative estimate of drug-likeness (QED) is 0.316. The fourth-order valence-corrected chi connectivity index (χ4v) is 3.83. The van der Waals surface area contributed by atoms with Crippen LogP contribution in [0.5, 0.6) is 0 Å². The molecule has 0 bridgehead atoms. The average molecular weight is 182 g/mol. The van der Waals surface area contributed by atoms with Crippen LogP contribution in [0.1, 0.15) is 0 Å². The first-order valence-corrected chi connectivity index (χ1v) is 5.86. The second kappa shape index (κ2) is 4.19. The van der Waals surface area contributed by atoms with Gasteiger partial charge in [0.05, 0.1) is 6.16 Å². The molecule has 0 aliphatic rings. The van der Waals surface area contributed by atoms with Gasteiger partial charge in [0.1, 0.15) is 0 Å². The first-order valence-electron chi connectivity index (χ1n) is 2.50. The van der Waals surface area contributed by atoms with Crippen molar-refractivity contribution in [2.75, 3.05) is 6.16 Å². The summed E-state index contributed by atoms with van der Waals surface area (Å²) in [4.78, 5) is 0. The smallest absolute Gasteiger partial charge is 0.313 e. The first kappa shape index (κ1) is 9.32. The third-order valence-corrected chi connectivity index (χ3v) is 6.07. The van der Waals surface area contributed by atoms with Gasteiger partial charge >= 0.3 is 7.60 Å². The van der Waals surface area contributed by atoms with Gasteiger partial charge in [0.2, 0.25) is 0 Å². The van der Waals surface area contributed by atoms with E-state index in [0.29, 0.717) is 27.1 Å². The molecule has 0 aromatic heterocycles. The Kier molecular flexibility index (Phi) is 4.34. The van der Waals surface area contributed by atoms with Gasteiger partial charge in [-0.25, -0.2) is 0 Å². The Labute approximate surface area is 61.1 Å². The fourth-order valence-electron chi connectivity index (χ4n) is 0.382. The lowest BCUT2D eigenvalue weighted by Gasteiger charge is -2.11. The highest BCUT2D eigenvalue weighted by Gasteiger charge is 2.15. The second-order valence-electron chi connectivity index (χ2n) is 1.45. The molecule has 0 aromatic carbocycles. The molecule has 0 unspecified atom stereocenters. The Morgan fingerprint density at radius 1 is 1.56 bits per heavy atom. The summed E-state index contributed by atoms with van der Waals surface area (Å²) in [5.41, 5.74) is 0. The molecule has 3 nitrogen and oxygen atoms in total. The molecule has 0 aliphatic carbocycles. The molecule has 0 saturated heterocycles. The summed E-state index contributed by atoms with van der Waals surface area (Å²) in [5.74, 6) is 0. The van der Waals surface area contributed by atoms with Crippen LogP contribution in [-0.2, 0) is 13.0 Å². The third kappa shape index (κ3) is 3.12. The van der Waals surface area contributed by atoms with E-state index in [9.17, 15) is 4.57 Å². The van der Waals surface area contributed by atoms with E-state index in [1.54, 1.807) is 6.08 Å². The van der Waals surface area contributed by atoms with E-state index < -0.39 is 7.60 Å². The molecule has 54 valence electrons. The Bertz CT molecular complexity index is 129. The summed E-state index contributed by atoms with van der Waals surface area (Å²) >= 11 is 0. The lowest BCUT2D eigenvalue weighted by molar-refractivity contribution is 0.418. The lowest BCUT2D eigenvalue weighted by Crippen LogP contribution is -1.92. The van der Waals surface area contributed by atoms with Gasteiger partial charge in [-0.2, -0.15) is 0 Å². The summed E-state index contributed by atoms with van der Waals surface area (Å²) in [7, 11) is -1.76. The predicted octanol–water partition coefficient (Wildman–Crippen LogP) is -1.04. The lowest BCUT2D eigenvalue weighted by atomic mass is 10.8. The Hall–Kier alpha value is 0.324. The second-order valence-corrected chi connectivity index (χ2v) is 5.96. The van der Waals surface area contributed by atoms with E-state index in [-0.39, 0.29) is 0 Å². The zero-order valence-corrected chi connectivity index (χ0v) is 10.6. The van der Waals surface area contributed by atoms with Gasteiger partial charge in [-0.15, -0.1) is 6.58 Å². The molecular formula is C3H11O3PSi2. The van der Waals surface area contributed by atoms with Crippen LogP contribution >= 0.6 is 7.60 Å². The molecule has 0 spiro atoms. The van der Waals surface area contributed by atoms with Gasteiger partial charge in [-0.05, 0) is 0 Å². The van der Waals surface area contributed by atoms with Crippen LogP contribution in [-0.4, -0.2) is 27.1 Å². The number of rotatable bonds is 4. The Morgan fingerprint density at radius 2 is 2.00 bits per heavy atom. The molecule has 0 amide bonds. The molecule has 0 aromatic rings. The number of hydrogen-bond acceptors (Lipinski definition) is 3. The summed E-state index contributed by atoms with van der Waals surface area (Å²) in [6, 6.07) is 0. The van der Waals surface area contributed by atoms with E-state index in [0.717, 1.165) is 0 Å². The fraction of sp³-hybridized carbons (Fsp3) is 0.333. The van der Waals surface area contributed by atoms with Crippen LogP contribution in [0.3, 0.4) is 0 Å². The van der Waals surface area contributed by atoms with Crippen LogP contribution in [0.15, 0.2) is 12.7 Å². The molecule has 0 fully saturated rings. The highest BCUT2D eigenvalue weighted by molar-refractivity contribution is 7.55. The minimum Gasteiger partial charge on any atom is -0.363 e. The van der Waals surface area contributed by atoms with E-state index in [4.69, 9.17) is 8.43 Å². The minimum absolute atomic E-state index is 0.333. The summed E-state index contributed by atoms with van der Waals surface area (Å²) < 4.78 is 20.6. The number of hydrogen-bond donors (Lipinski definition) is 0. The summed E-state index contributed by atoms with van der Waals surface area (Å²) in [6.07, 6.45) is 1.89. The van der Waals surface area contributed by atoms with Crippen LogP contribution in [0, 0.1) is 0 Å². The molecule has 0 N–H and O–H groups in total.